The molecular weight excluding hydrogens is 260 g/mol. The Morgan fingerprint density at radius 3 is 2.63 bits per heavy atom. The zero-order valence-electron chi connectivity index (χ0n) is 11.6. The Labute approximate surface area is 117 Å². The number of carbonyl (C=O) groups excluding carboxylic acids is 1. The highest BCUT2D eigenvalue weighted by molar-refractivity contribution is 7.16. The SMILES string of the molecule is CC1(C)C(C(=O)Nc2ncc(C#CCO)s2)C1(C)C. The van der Waals surface area contributed by atoms with Crippen LogP contribution in [0.3, 0.4) is 0 Å². The fourth-order valence-electron chi connectivity index (χ4n) is 2.55. The van der Waals surface area contributed by atoms with E-state index >= 15 is 0 Å². The average Bonchev–Trinajstić information content (AvgIpc) is 2.66. The van der Waals surface area contributed by atoms with Crippen molar-refractivity contribution in [2.45, 2.75) is 27.7 Å². The predicted octanol–water partition coefficient (Wildman–Crippen LogP) is 2.11. The van der Waals surface area contributed by atoms with E-state index in [2.05, 4.69) is 49.8 Å². The quantitative estimate of drug-likeness (QED) is 0.814. The van der Waals surface area contributed by atoms with Crippen LogP contribution in [-0.2, 0) is 4.79 Å². The Balaban J connectivity index is 2.03. The van der Waals surface area contributed by atoms with Gasteiger partial charge in [0.1, 0.15) is 6.61 Å². The first-order valence-corrected chi connectivity index (χ1v) is 6.99. The summed E-state index contributed by atoms with van der Waals surface area (Å²) < 4.78 is 0. The number of hydrogen-bond donors (Lipinski definition) is 2. The number of aliphatic hydroxyl groups excluding tert-OH is 1. The van der Waals surface area contributed by atoms with Gasteiger partial charge in [0.2, 0.25) is 5.91 Å². The first kappa shape index (κ1) is 14.0. The van der Waals surface area contributed by atoms with Crippen LogP contribution in [0.15, 0.2) is 6.20 Å². The molecule has 19 heavy (non-hydrogen) atoms. The van der Waals surface area contributed by atoms with Gasteiger partial charge in [0.15, 0.2) is 5.13 Å². The summed E-state index contributed by atoms with van der Waals surface area (Å²) >= 11 is 1.32. The molecule has 1 saturated carbocycles. The van der Waals surface area contributed by atoms with Gasteiger partial charge in [-0.05, 0) is 10.8 Å². The minimum Gasteiger partial charge on any atom is -0.384 e. The highest BCUT2D eigenvalue weighted by Crippen LogP contribution is 2.68. The summed E-state index contributed by atoms with van der Waals surface area (Å²) in [6.45, 7) is 8.26. The molecule has 0 spiro atoms. The zero-order chi connectivity index (χ0) is 14.3. The molecular formula is C14H18N2O2S. The molecule has 2 N–H and O–H groups in total. The molecule has 4 nitrogen and oxygen atoms in total. The van der Waals surface area contributed by atoms with Crippen LogP contribution in [0.1, 0.15) is 32.6 Å². The summed E-state index contributed by atoms with van der Waals surface area (Å²) in [6.07, 6.45) is 1.60. The van der Waals surface area contributed by atoms with Crippen molar-refractivity contribution in [3.8, 4) is 11.8 Å². The molecule has 0 aliphatic heterocycles. The van der Waals surface area contributed by atoms with Crippen molar-refractivity contribution in [2.24, 2.45) is 16.7 Å². The van der Waals surface area contributed by atoms with Crippen molar-refractivity contribution in [1.82, 2.24) is 4.98 Å². The monoisotopic (exact) mass is 278 g/mol. The lowest BCUT2D eigenvalue weighted by molar-refractivity contribution is -0.118. The molecule has 1 aromatic rings. The van der Waals surface area contributed by atoms with E-state index in [-0.39, 0.29) is 29.3 Å². The summed E-state index contributed by atoms with van der Waals surface area (Å²) in [7, 11) is 0. The highest BCUT2D eigenvalue weighted by Gasteiger charge is 2.68. The molecule has 0 unspecified atom stereocenters. The van der Waals surface area contributed by atoms with Crippen molar-refractivity contribution in [3.05, 3.63) is 11.1 Å². The molecule has 1 amide bonds. The van der Waals surface area contributed by atoms with Gasteiger partial charge < -0.3 is 10.4 Å². The number of carbonyl (C=O) groups is 1. The zero-order valence-corrected chi connectivity index (χ0v) is 12.4. The summed E-state index contributed by atoms with van der Waals surface area (Å²) in [5.41, 5.74) is 0.0434. The molecule has 102 valence electrons. The second-order valence-electron chi connectivity index (χ2n) is 5.86. The lowest BCUT2D eigenvalue weighted by atomic mass is 10.0. The van der Waals surface area contributed by atoms with Crippen LogP contribution in [0.25, 0.3) is 0 Å². The summed E-state index contributed by atoms with van der Waals surface area (Å²) in [6, 6.07) is 0. The van der Waals surface area contributed by atoms with Crippen LogP contribution in [0.2, 0.25) is 0 Å². The number of thiazole rings is 1. The molecule has 1 aliphatic carbocycles. The van der Waals surface area contributed by atoms with Gasteiger partial charge in [0.25, 0.3) is 0 Å². The van der Waals surface area contributed by atoms with Crippen LogP contribution >= 0.6 is 11.3 Å². The third-order valence-electron chi connectivity index (χ3n) is 4.31. The van der Waals surface area contributed by atoms with Gasteiger partial charge in [-0.15, -0.1) is 0 Å². The number of amides is 1. The minimum absolute atomic E-state index is 0.0101. The lowest BCUT2D eigenvalue weighted by Crippen LogP contribution is -2.17. The first-order valence-electron chi connectivity index (χ1n) is 6.17. The molecule has 5 heteroatoms. The second-order valence-corrected chi connectivity index (χ2v) is 6.89. The Kier molecular flexibility index (Phi) is 3.41. The maximum atomic E-state index is 12.2. The van der Waals surface area contributed by atoms with Gasteiger partial charge in [0, 0.05) is 5.92 Å². The van der Waals surface area contributed by atoms with Crippen LogP contribution in [0, 0.1) is 28.6 Å². The van der Waals surface area contributed by atoms with Crippen LogP contribution in [-0.4, -0.2) is 22.6 Å². The number of hydrogen-bond acceptors (Lipinski definition) is 4. The molecule has 2 rings (SSSR count). The number of nitrogens with one attached hydrogen (secondary N) is 1. The number of aromatic nitrogens is 1. The summed E-state index contributed by atoms with van der Waals surface area (Å²) in [4.78, 5) is 17.1. The van der Waals surface area contributed by atoms with E-state index in [0.29, 0.717) is 5.13 Å². The summed E-state index contributed by atoms with van der Waals surface area (Å²) in [5.74, 6) is 5.36. The van der Waals surface area contributed by atoms with Gasteiger partial charge in [-0.3, -0.25) is 4.79 Å². The Morgan fingerprint density at radius 1 is 1.47 bits per heavy atom. The van der Waals surface area contributed by atoms with E-state index < -0.39 is 0 Å². The first-order chi connectivity index (χ1) is 8.80. The third kappa shape index (κ3) is 2.38. The van der Waals surface area contributed by atoms with E-state index in [0.717, 1.165) is 4.88 Å². The van der Waals surface area contributed by atoms with Crippen molar-refractivity contribution < 1.29 is 9.90 Å². The van der Waals surface area contributed by atoms with Crippen molar-refractivity contribution in [1.29, 1.82) is 0 Å². The molecule has 0 aromatic carbocycles. The van der Waals surface area contributed by atoms with Crippen LogP contribution in [0.5, 0.6) is 0 Å². The topological polar surface area (TPSA) is 62.2 Å². The lowest BCUT2D eigenvalue weighted by Gasteiger charge is -2.03. The van der Waals surface area contributed by atoms with E-state index in [9.17, 15) is 4.79 Å². The van der Waals surface area contributed by atoms with E-state index in [4.69, 9.17) is 5.11 Å². The van der Waals surface area contributed by atoms with Crippen LogP contribution < -0.4 is 5.32 Å². The fraction of sp³-hybridized carbons (Fsp3) is 0.571. The second kappa shape index (κ2) is 4.62. The molecule has 1 heterocycles. The molecule has 1 aliphatic rings. The Morgan fingerprint density at radius 2 is 2.11 bits per heavy atom. The maximum Gasteiger partial charge on any atom is 0.230 e. The molecule has 0 atom stereocenters. The number of aliphatic hydroxyl groups is 1. The van der Waals surface area contributed by atoms with Crippen molar-refractivity contribution in [2.75, 3.05) is 11.9 Å². The van der Waals surface area contributed by atoms with Gasteiger partial charge in [-0.25, -0.2) is 4.98 Å². The van der Waals surface area contributed by atoms with E-state index in [1.54, 1.807) is 6.20 Å². The number of anilines is 1. The summed E-state index contributed by atoms with van der Waals surface area (Å²) in [5, 5.41) is 12.0. The van der Waals surface area contributed by atoms with Gasteiger partial charge >= 0.3 is 0 Å². The Hall–Kier alpha value is -1.38. The molecule has 0 saturated heterocycles. The van der Waals surface area contributed by atoms with Gasteiger partial charge in [-0.2, -0.15) is 0 Å². The van der Waals surface area contributed by atoms with Crippen LogP contribution in [0.4, 0.5) is 5.13 Å². The minimum atomic E-state index is -0.177. The highest BCUT2D eigenvalue weighted by atomic mass is 32.1. The maximum absolute atomic E-state index is 12.2. The van der Waals surface area contributed by atoms with Gasteiger partial charge in [-0.1, -0.05) is 50.9 Å². The normalized spacial score (nSPS) is 19.4. The fourth-order valence-corrected chi connectivity index (χ4v) is 3.24. The Bertz CT molecular complexity index is 549. The van der Waals surface area contributed by atoms with Crippen molar-refractivity contribution >= 4 is 22.4 Å². The average molecular weight is 278 g/mol. The van der Waals surface area contributed by atoms with E-state index in [1.807, 2.05) is 0 Å². The standard InChI is InChI=1S/C14H18N2O2S/c1-13(2)10(14(13,3)4)11(18)16-12-15-8-9(19-12)6-5-7-17/h8,10,17H,7H2,1-4H3,(H,15,16,18). The number of nitrogens with zero attached hydrogens (tertiary/aromatic N) is 1. The predicted molar refractivity (Wildman–Crippen MR) is 75.8 cm³/mol. The van der Waals surface area contributed by atoms with E-state index in [1.165, 1.54) is 11.3 Å². The molecule has 1 fully saturated rings. The molecule has 0 bridgehead atoms. The smallest absolute Gasteiger partial charge is 0.230 e. The third-order valence-corrected chi connectivity index (χ3v) is 5.14. The molecule has 0 radical (unpaired) electrons. The van der Waals surface area contributed by atoms with Crippen molar-refractivity contribution in [3.63, 3.8) is 0 Å². The molecule has 1 aromatic heterocycles. The van der Waals surface area contributed by atoms with Gasteiger partial charge in [0.05, 0.1) is 11.1 Å². The number of rotatable bonds is 2. The largest absolute Gasteiger partial charge is 0.384 e.